The van der Waals surface area contributed by atoms with Gasteiger partial charge in [-0.05, 0) is 71.3 Å². The van der Waals surface area contributed by atoms with Crippen LogP contribution in [0, 0.1) is 17.4 Å². The molecule has 2 aromatic rings. The summed E-state index contributed by atoms with van der Waals surface area (Å²) in [6.45, 7) is 4.11. The topological polar surface area (TPSA) is 47.3 Å². The molecule has 2 aromatic carbocycles. The second-order valence-corrected chi connectivity index (χ2v) is 6.49. The second-order valence-electron chi connectivity index (χ2n) is 4.90. The molecule has 0 bridgehead atoms. The maximum Gasteiger partial charge on any atom is 0.127 e. The fourth-order valence-electron chi connectivity index (χ4n) is 2.39. The van der Waals surface area contributed by atoms with Gasteiger partial charge in [0.25, 0.3) is 0 Å². The molecule has 0 fully saturated rings. The number of rotatable bonds is 4. The fourth-order valence-corrected chi connectivity index (χ4v) is 3.22. The van der Waals surface area contributed by atoms with E-state index in [0.717, 1.165) is 26.0 Å². The first-order valence-electron chi connectivity index (χ1n) is 6.54. The van der Waals surface area contributed by atoms with Gasteiger partial charge >= 0.3 is 0 Å². The average molecular weight is 417 g/mol. The molecule has 0 aromatic heterocycles. The molecule has 112 valence electrons. The number of ether oxygens (including phenoxy) is 1. The number of nitrogens with two attached hydrogens (primary N) is 1. The normalized spacial score (nSPS) is 12.3. The number of hydrazine groups is 1. The predicted molar refractivity (Wildman–Crippen MR) is 95.8 cm³/mol. The summed E-state index contributed by atoms with van der Waals surface area (Å²) in [6.07, 6.45) is 0. The number of hydrogen-bond donors (Lipinski definition) is 2. The third-order valence-corrected chi connectivity index (χ3v) is 4.88. The summed E-state index contributed by atoms with van der Waals surface area (Å²) >= 11 is 8.42. The maximum atomic E-state index is 6.13. The van der Waals surface area contributed by atoms with Crippen molar-refractivity contribution < 1.29 is 4.74 Å². The van der Waals surface area contributed by atoms with Crippen LogP contribution in [0.5, 0.6) is 5.75 Å². The van der Waals surface area contributed by atoms with Crippen molar-refractivity contribution in [1.82, 2.24) is 5.43 Å². The number of benzene rings is 2. The van der Waals surface area contributed by atoms with Crippen LogP contribution in [0.4, 0.5) is 0 Å². The minimum absolute atomic E-state index is 0.176. The molecule has 5 heteroatoms. The number of aryl methyl sites for hydroxylation is 1. The molecule has 1 unspecified atom stereocenters. The molecule has 3 N–H and O–H groups in total. The van der Waals surface area contributed by atoms with Gasteiger partial charge in [0.2, 0.25) is 0 Å². The van der Waals surface area contributed by atoms with Gasteiger partial charge in [0.05, 0.1) is 13.2 Å². The van der Waals surface area contributed by atoms with Gasteiger partial charge < -0.3 is 4.74 Å². The van der Waals surface area contributed by atoms with Crippen LogP contribution in [0.1, 0.15) is 28.3 Å². The Balaban J connectivity index is 2.62. The highest BCUT2D eigenvalue weighted by Gasteiger charge is 2.21. The minimum atomic E-state index is -0.176. The molecule has 0 heterocycles. The lowest BCUT2D eigenvalue weighted by molar-refractivity contribution is 0.400. The van der Waals surface area contributed by atoms with E-state index in [1.807, 2.05) is 31.2 Å². The van der Waals surface area contributed by atoms with E-state index < -0.39 is 0 Å². The van der Waals surface area contributed by atoms with Crippen LogP contribution in [0.25, 0.3) is 0 Å². The van der Waals surface area contributed by atoms with E-state index >= 15 is 0 Å². The van der Waals surface area contributed by atoms with Gasteiger partial charge in [0, 0.05) is 14.2 Å². The summed E-state index contributed by atoms with van der Waals surface area (Å²) in [5.41, 5.74) is 7.22. The first-order chi connectivity index (χ1) is 9.99. The smallest absolute Gasteiger partial charge is 0.127 e. The molecule has 0 aliphatic rings. The van der Waals surface area contributed by atoms with Crippen LogP contribution in [0.15, 0.2) is 30.3 Å². The van der Waals surface area contributed by atoms with E-state index in [2.05, 4.69) is 41.0 Å². The van der Waals surface area contributed by atoms with Crippen molar-refractivity contribution in [2.75, 3.05) is 7.11 Å². The molecule has 2 rings (SSSR count). The first-order valence-corrected chi connectivity index (χ1v) is 8.00. The standard InChI is InChI=1S/C16H18ClIN2O/c1-9-4-6-12(16(21-3)10(9)2)15(20-19)13-8-11(17)5-7-14(13)18/h4-8,15,20H,19H2,1-3H3. The number of methoxy groups -OCH3 is 1. The van der Waals surface area contributed by atoms with E-state index in [0.29, 0.717) is 5.02 Å². The van der Waals surface area contributed by atoms with Crippen molar-refractivity contribution in [1.29, 1.82) is 0 Å². The van der Waals surface area contributed by atoms with Crippen molar-refractivity contribution in [2.24, 2.45) is 5.84 Å². The van der Waals surface area contributed by atoms with Crippen molar-refractivity contribution in [3.63, 3.8) is 0 Å². The monoisotopic (exact) mass is 416 g/mol. The third-order valence-electron chi connectivity index (χ3n) is 3.66. The Hall–Kier alpha value is -0.820. The summed E-state index contributed by atoms with van der Waals surface area (Å²) in [6, 6.07) is 9.73. The minimum Gasteiger partial charge on any atom is -0.496 e. The van der Waals surface area contributed by atoms with E-state index in [1.165, 1.54) is 5.56 Å². The van der Waals surface area contributed by atoms with Crippen LogP contribution >= 0.6 is 34.2 Å². The van der Waals surface area contributed by atoms with E-state index in [9.17, 15) is 0 Å². The van der Waals surface area contributed by atoms with Crippen molar-refractivity contribution in [3.8, 4) is 5.75 Å². The molecule has 0 saturated heterocycles. The van der Waals surface area contributed by atoms with Gasteiger partial charge in [-0.15, -0.1) is 0 Å². The Bertz CT molecular complexity index is 661. The van der Waals surface area contributed by atoms with Crippen molar-refractivity contribution >= 4 is 34.2 Å². The Labute approximate surface area is 143 Å². The Morgan fingerprint density at radius 2 is 1.90 bits per heavy atom. The second kappa shape index (κ2) is 6.96. The molecular weight excluding hydrogens is 399 g/mol. The molecule has 1 atom stereocenters. The summed E-state index contributed by atoms with van der Waals surface area (Å²) in [4.78, 5) is 0. The highest BCUT2D eigenvalue weighted by molar-refractivity contribution is 14.1. The van der Waals surface area contributed by atoms with E-state index in [4.69, 9.17) is 22.2 Å². The number of halogens is 2. The fraction of sp³-hybridized carbons (Fsp3) is 0.250. The van der Waals surface area contributed by atoms with Crippen LogP contribution in [0.3, 0.4) is 0 Å². The first kappa shape index (κ1) is 16.5. The molecular formula is C16H18ClIN2O. The summed E-state index contributed by atoms with van der Waals surface area (Å²) in [5.74, 6) is 6.67. The van der Waals surface area contributed by atoms with Gasteiger partial charge in [-0.2, -0.15) is 0 Å². The lowest BCUT2D eigenvalue weighted by Gasteiger charge is -2.23. The van der Waals surface area contributed by atoms with Gasteiger partial charge in [0.15, 0.2) is 0 Å². The molecule has 0 spiro atoms. The van der Waals surface area contributed by atoms with E-state index in [1.54, 1.807) is 7.11 Å². The highest BCUT2D eigenvalue weighted by Crippen LogP contribution is 2.36. The summed E-state index contributed by atoms with van der Waals surface area (Å²) < 4.78 is 6.70. The Morgan fingerprint density at radius 3 is 2.52 bits per heavy atom. The molecule has 21 heavy (non-hydrogen) atoms. The third kappa shape index (κ3) is 3.34. The van der Waals surface area contributed by atoms with Crippen LogP contribution in [-0.2, 0) is 0 Å². The molecule has 0 radical (unpaired) electrons. The largest absolute Gasteiger partial charge is 0.496 e. The predicted octanol–water partition coefficient (Wildman–Crippen LogP) is 4.12. The zero-order chi connectivity index (χ0) is 15.6. The molecule has 0 saturated carbocycles. The lowest BCUT2D eigenvalue weighted by Crippen LogP contribution is -2.30. The molecule has 0 aliphatic carbocycles. The van der Waals surface area contributed by atoms with Gasteiger partial charge in [-0.25, -0.2) is 5.43 Å². The average Bonchev–Trinajstić information content (AvgIpc) is 2.47. The zero-order valence-electron chi connectivity index (χ0n) is 12.2. The quantitative estimate of drug-likeness (QED) is 0.448. The van der Waals surface area contributed by atoms with Crippen LogP contribution < -0.4 is 16.0 Å². The van der Waals surface area contributed by atoms with Crippen molar-refractivity contribution in [3.05, 3.63) is 61.2 Å². The lowest BCUT2D eigenvalue weighted by atomic mass is 9.94. The SMILES string of the molecule is COc1c(C(NN)c2cc(Cl)ccc2I)ccc(C)c1C. The number of nitrogens with one attached hydrogen (secondary N) is 1. The molecule has 3 nitrogen and oxygen atoms in total. The molecule has 0 aliphatic heterocycles. The Morgan fingerprint density at radius 1 is 1.19 bits per heavy atom. The molecule has 0 amide bonds. The zero-order valence-corrected chi connectivity index (χ0v) is 15.1. The number of hydrogen-bond acceptors (Lipinski definition) is 3. The maximum absolute atomic E-state index is 6.13. The van der Waals surface area contributed by atoms with Crippen LogP contribution in [0.2, 0.25) is 5.02 Å². The van der Waals surface area contributed by atoms with Gasteiger partial charge in [-0.3, -0.25) is 5.84 Å². The highest BCUT2D eigenvalue weighted by atomic mass is 127. The van der Waals surface area contributed by atoms with E-state index in [-0.39, 0.29) is 6.04 Å². The van der Waals surface area contributed by atoms with Crippen LogP contribution in [-0.4, -0.2) is 7.11 Å². The van der Waals surface area contributed by atoms with Gasteiger partial charge in [0.1, 0.15) is 5.75 Å². The van der Waals surface area contributed by atoms with Crippen molar-refractivity contribution in [2.45, 2.75) is 19.9 Å². The van der Waals surface area contributed by atoms with Gasteiger partial charge in [-0.1, -0.05) is 23.7 Å². The summed E-state index contributed by atoms with van der Waals surface area (Å²) in [7, 11) is 1.68. The summed E-state index contributed by atoms with van der Waals surface area (Å²) in [5, 5.41) is 0.688. The Kier molecular flexibility index (Phi) is 5.48.